The second-order valence-corrected chi connectivity index (χ2v) is 6.31. The molecule has 1 fully saturated rings. The quantitative estimate of drug-likeness (QED) is 0.807. The van der Waals surface area contributed by atoms with Gasteiger partial charge in [0.05, 0.1) is 0 Å². The number of likely N-dealkylation sites (tertiary alicyclic amines) is 1. The number of nitrogens with zero attached hydrogens (tertiary/aromatic N) is 1. The standard InChI is InChI=1S/C19H29N3O2/c1-2-17-10-6-7-15-22(17)18(23)12-14-21-19(24)20-13-11-16-8-4-3-5-9-16/h3-5,8-9,17H,2,6-7,10-15H2,1H3,(H2,20,21,24)/t17-/m1/s1. The van der Waals surface area contributed by atoms with Gasteiger partial charge in [0.1, 0.15) is 0 Å². The molecule has 1 atom stereocenters. The van der Waals surface area contributed by atoms with Crippen LogP contribution in [-0.2, 0) is 11.2 Å². The molecule has 1 heterocycles. The van der Waals surface area contributed by atoms with Gasteiger partial charge < -0.3 is 15.5 Å². The van der Waals surface area contributed by atoms with Gasteiger partial charge in [-0.05, 0) is 37.7 Å². The number of hydrogen-bond acceptors (Lipinski definition) is 2. The topological polar surface area (TPSA) is 61.4 Å². The smallest absolute Gasteiger partial charge is 0.314 e. The van der Waals surface area contributed by atoms with Crippen LogP contribution in [0.4, 0.5) is 4.79 Å². The number of rotatable bonds is 7. The normalized spacial score (nSPS) is 17.4. The summed E-state index contributed by atoms with van der Waals surface area (Å²) in [4.78, 5) is 26.1. The molecule has 5 heteroatoms. The van der Waals surface area contributed by atoms with Crippen LogP contribution in [0.2, 0.25) is 0 Å². The Hall–Kier alpha value is -2.04. The van der Waals surface area contributed by atoms with E-state index in [1.165, 1.54) is 12.0 Å². The molecule has 1 aromatic carbocycles. The van der Waals surface area contributed by atoms with Crippen LogP contribution >= 0.6 is 0 Å². The minimum absolute atomic E-state index is 0.158. The summed E-state index contributed by atoms with van der Waals surface area (Å²) in [6.07, 6.45) is 5.61. The van der Waals surface area contributed by atoms with Crippen molar-refractivity contribution in [2.45, 2.75) is 51.5 Å². The first kappa shape index (κ1) is 18.3. The molecule has 0 bridgehead atoms. The maximum atomic E-state index is 12.3. The molecule has 3 amide bonds. The lowest BCUT2D eigenvalue weighted by Crippen LogP contribution is -2.45. The summed E-state index contributed by atoms with van der Waals surface area (Å²) < 4.78 is 0. The van der Waals surface area contributed by atoms with E-state index >= 15 is 0 Å². The molecule has 5 nitrogen and oxygen atoms in total. The molecule has 1 aromatic rings. The minimum Gasteiger partial charge on any atom is -0.340 e. The predicted molar refractivity (Wildman–Crippen MR) is 95.8 cm³/mol. The average molecular weight is 331 g/mol. The summed E-state index contributed by atoms with van der Waals surface area (Å²) in [7, 11) is 0. The highest BCUT2D eigenvalue weighted by atomic mass is 16.2. The van der Waals surface area contributed by atoms with Gasteiger partial charge in [0.2, 0.25) is 5.91 Å². The van der Waals surface area contributed by atoms with Gasteiger partial charge in [0.15, 0.2) is 0 Å². The van der Waals surface area contributed by atoms with Gasteiger partial charge >= 0.3 is 6.03 Å². The van der Waals surface area contributed by atoms with Gasteiger partial charge in [-0.1, -0.05) is 37.3 Å². The Balaban J connectivity index is 1.60. The summed E-state index contributed by atoms with van der Waals surface area (Å²) in [5.74, 6) is 0.158. The number of carbonyl (C=O) groups is 2. The molecule has 132 valence electrons. The molecule has 0 spiro atoms. The zero-order chi connectivity index (χ0) is 17.2. The first-order valence-corrected chi connectivity index (χ1v) is 9.05. The summed E-state index contributed by atoms with van der Waals surface area (Å²) >= 11 is 0. The lowest BCUT2D eigenvalue weighted by molar-refractivity contribution is -0.134. The second-order valence-electron chi connectivity index (χ2n) is 6.31. The van der Waals surface area contributed by atoms with Crippen molar-refractivity contribution in [2.24, 2.45) is 0 Å². The van der Waals surface area contributed by atoms with Crippen molar-refractivity contribution < 1.29 is 9.59 Å². The summed E-state index contributed by atoms with van der Waals surface area (Å²) in [5, 5.41) is 5.60. The molecule has 2 rings (SSSR count). The molecule has 1 saturated heterocycles. The zero-order valence-corrected chi connectivity index (χ0v) is 14.6. The number of nitrogens with one attached hydrogen (secondary N) is 2. The molecule has 2 N–H and O–H groups in total. The van der Waals surface area contributed by atoms with Gasteiger partial charge in [-0.2, -0.15) is 0 Å². The third-order valence-corrected chi connectivity index (χ3v) is 4.59. The molecule has 0 saturated carbocycles. The maximum absolute atomic E-state index is 12.3. The van der Waals surface area contributed by atoms with Crippen molar-refractivity contribution >= 4 is 11.9 Å². The number of hydrogen-bond donors (Lipinski definition) is 2. The number of urea groups is 1. The molecule has 0 radical (unpaired) electrons. The van der Waals surface area contributed by atoms with Crippen molar-refractivity contribution in [2.75, 3.05) is 19.6 Å². The highest BCUT2D eigenvalue weighted by Crippen LogP contribution is 2.19. The van der Waals surface area contributed by atoms with E-state index in [0.29, 0.717) is 25.6 Å². The first-order chi connectivity index (χ1) is 11.7. The molecular formula is C19H29N3O2. The Morgan fingerprint density at radius 2 is 1.88 bits per heavy atom. The molecule has 0 unspecified atom stereocenters. The van der Waals surface area contributed by atoms with E-state index in [-0.39, 0.29) is 11.9 Å². The van der Waals surface area contributed by atoms with Crippen molar-refractivity contribution in [1.82, 2.24) is 15.5 Å². The lowest BCUT2D eigenvalue weighted by Gasteiger charge is -2.35. The van der Waals surface area contributed by atoms with Crippen LogP contribution in [-0.4, -0.2) is 42.5 Å². The highest BCUT2D eigenvalue weighted by molar-refractivity contribution is 5.78. The van der Waals surface area contributed by atoms with Crippen LogP contribution in [0.1, 0.15) is 44.6 Å². The summed E-state index contributed by atoms with van der Waals surface area (Å²) in [5.41, 5.74) is 1.20. The van der Waals surface area contributed by atoms with Crippen LogP contribution in [0.25, 0.3) is 0 Å². The van der Waals surface area contributed by atoms with E-state index in [9.17, 15) is 9.59 Å². The summed E-state index contributed by atoms with van der Waals surface area (Å²) in [6, 6.07) is 10.2. The fourth-order valence-electron chi connectivity index (χ4n) is 3.21. The van der Waals surface area contributed by atoms with E-state index < -0.39 is 0 Å². The molecule has 1 aliphatic heterocycles. The Bertz CT molecular complexity index is 519. The van der Waals surface area contributed by atoms with Crippen molar-refractivity contribution in [3.05, 3.63) is 35.9 Å². The van der Waals surface area contributed by atoms with E-state index in [4.69, 9.17) is 0 Å². The van der Waals surface area contributed by atoms with E-state index in [1.54, 1.807) is 0 Å². The molecule has 0 aliphatic carbocycles. The van der Waals surface area contributed by atoms with E-state index in [2.05, 4.69) is 17.6 Å². The minimum atomic E-state index is -0.204. The molecule has 0 aromatic heterocycles. The molecular weight excluding hydrogens is 302 g/mol. The third kappa shape index (κ3) is 5.87. The SMILES string of the molecule is CC[C@@H]1CCCCN1C(=O)CCNC(=O)NCCc1ccccc1. The Morgan fingerprint density at radius 3 is 2.62 bits per heavy atom. The fourth-order valence-corrected chi connectivity index (χ4v) is 3.21. The first-order valence-electron chi connectivity index (χ1n) is 9.05. The number of piperidine rings is 1. The Morgan fingerprint density at radius 1 is 1.12 bits per heavy atom. The van der Waals surface area contributed by atoms with Crippen molar-refractivity contribution in [3.63, 3.8) is 0 Å². The molecule has 1 aliphatic rings. The fraction of sp³-hybridized carbons (Fsp3) is 0.579. The summed E-state index contributed by atoms with van der Waals surface area (Å²) in [6.45, 7) is 3.98. The second kappa shape index (κ2) is 9.96. The number of carbonyl (C=O) groups excluding carboxylic acids is 2. The third-order valence-electron chi connectivity index (χ3n) is 4.59. The van der Waals surface area contributed by atoms with Crippen LogP contribution in [0.5, 0.6) is 0 Å². The highest BCUT2D eigenvalue weighted by Gasteiger charge is 2.24. The Kier molecular flexibility index (Phi) is 7.59. The maximum Gasteiger partial charge on any atom is 0.314 e. The largest absolute Gasteiger partial charge is 0.340 e. The average Bonchev–Trinajstić information content (AvgIpc) is 2.62. The van der Waals surface area contributed by atoms with Gasteiger partial charge in [0.25, 0.3) is 0 Å². The van der Waals surface area contributed by atoms with E-state index in [1.807, 2.05) is 35.2 Å². The van der Waals surface area contributed by atoms with Gasteiger partial charge in [-0.15, -0.1) is 0 Å². The van der Waals surface area contributed by atoms with Crippen molar-refractivity contribution in [1.29, 1.82) is 0 Å². The van der Waals surface area contributed by atoms with E-state index in [0.717, 1.165) is 32.2 Å². The van der Waals surface area contributed by atoms with Crippen LogP contribution in [0, 0.1) is 0 Å². The molecule has 24 heavy (non-hydrogen) atoms. The van der Waals surface area contributed by atoms with Crippen LogP contribution < -0.4 is 10.6 Å². The van der Waals surface area contributed by atoms with Gasteiger partial charge in [0, 0.05) is 32.1 Å². The van der Waals surface area contributed by atoms with Crippen LogP contribution in [0.15, 0.2) is 30.3 Å². The Labute approximate surface area is 144 Å². The lowest BCUT2D eigenvalue weighted by atomic mass is 9.99. The van der Waals surface area contributed by atoms with Crippen molar-refractivity contribution in [3.8, 4) is 0 Å². The van der Waals surface area contributed by atoms with Crippen LogP contribution in [0.3, 0.4) is 0 Å². The van der Waals surface area contributed by atoms with Gasteiger partial charge in [-0.25, -0.2) is 4.79 Å². The zero-order valence-electron chi connectivity index (χ0n) is 14.6. The number of amides is 3. The predicted octanol–water partition coefficient (Wildman–Crippen LogP) is 2.71. The monoisotopic (exact) mass is 331 g/mol. The van der Waals surface area contributed by atoms with Gasteiger partial charge in [-0.3, -0.25) is 4.79 Å². The number of benzene rings is 1.